The molecule has 1 heterocycles. The van der Waals surface area contributed by atoms with Gasteiger partial charge in [0, 0.05) is 35.8 Å². The number of carbonyl (C=O) groups is 1. The van der Waals surface area contributed by atoms with Crippen molar-refractivity contribution in [2.24, 2.45) is 0 Å². The van der Waals surface area contributed by atoms with Crippen molar-refractivity contribution in [2.75, 3.05) is 11.9 Å². The Bertz CT molecular complexity index is 1200. The van der Waals surface area contributed by atoms with Crippen molar-refractivity contribution in [2.45, 2.75) is 26.2 Å². The van der Waals surface area contributed by atoms with Crippen molar-refractivity contribution in [3.05, 3.63) is 101 Å². The Hall–Kier alpha value is -3.49. The normalized spacial score (nSPS) is 11.1. The predicted octanol–water partition coefficient (Wildman–Crippen LogP) is 4.14. The van der Waals surface area contributed by atoms with Crippen LogP contribution in [0.15, 0.2) is 73.6 Å². The van der Waals surface area contributed by atoms with Gasteiger partial charge in [0.05, 0.1) is 5.75 Å². The maximum absolute atomic E-state index is 12.8. The zero-order valence-electron chi connectivity index (χ0n) is 18.7. The molecule has 172 valence electrons. The summed E-state index contributed by atoms with van der Waals surface area (Å²) in [5, 5.41) is 2.85. The fourth-order valence-electron chi connectivity index (χ4n) is 3.29. The molecule has 3 aromatic rings. The van der Waals surface area contributed by atoms with Crippen molar-refractivity contribution >= 4 is 21.6 Å². The number of nitrogens with zero attached hydrogens (tertiary/aromatic N) is 1. The van der Waals surface area contributed by atoms with E-state index in [1.807, 2.05) is 26.0 Å². The van der Waals surface area contributed by atoms with Crippen LogP contribution in [0, 0.1) is 13.8 Å². The van der Waals surface area contributed by atoms with E-state index in [-0.39, 0.29) is 18.2 Å². The molecule has 0 radical (unpaired) electrons. The number of rotatable bonds is 10. The Morgan fingerprint density at radius 2 is 1.79 bits per heavy atom. The summed E-state index contributed by atoms with van der Waals surface area (Å²) in [7, 11) is -3.44. The summed E-state index contributed by atoms with van der Waals surface area (Å²) in [5.41, 5.74) is 4.39. The van der Waals surface area contributed by atoms with Gasteiger partial charge in [-0.1, -0.05) is 24.3 Å². The lowest BCUT2D eigenvalue weighted by molar-refractivity contribution is 0.102. The minimum Gasteiger partial charge on any atom is -0.488 e. The molecule has 8 heteroatoms. The van der Waals surface area contributed by atoms with Crippen LogP contribution in [-0.4, -0.2) is 25.9 Å². The number of sulfonamides is 1. The lowest BCUT2D eigenvalue weighted by Gasteiger charge is -2.14. The molecular formula is C25H27N3O4S. The van der Waals surface area contributed by atoms with Crippen LogP contribution in [0.1, 0.15) is 32.6 Å². The van der Waals surface area contributed by atoms with E-state index >= 15 is 0 Å². The van der Waals surface area contributed by atoms with E-state index in [9.17, 15) is 13.2 Å². The maximum Gasteiger partial charge on any atom is 0.255 e. The average Bonchev–Trinajstić information content (AvgIpc) is 2.79. The quantitative estimate of drug-likeness (QED) is 0.439. The molecule has 0 unspecified atom stereocenters. The molecular weight excluding hydrogens is 438 g/mol. The van der Waals surface area contributed by atoms with Gasteiger partial charge in [0.1, 0.15) is 12.4 Å². The fourth-order valence-corrected chi connectivity index (χ4v) is 4.40. The van der Waals surface area contributed by atoms with Crippen LogP contribution in [0.25, 0.3) is 0 Å². The monoisotopic (exact) mass is 465 g/mol. The van der Waals surface area contributed by atoms with Gasteiger partial charge in [0.25, 0.3) is 5.91 Å². The molecule has 1 aromatic heterocycles. The van der Waals surface area contributed by atoms with E-state index in [1.165, 1.54) is 6.08 Å². The molecule has 0 atom stereocenters. The molecule has 7 nitrogen and oxygen atoms in total. The summed E-state index contributed by atoms with van der Waals surface area (Å²) < 4.78 is 32.3. The lowest BCUT2D eigenvalue weighted by atomic mass is 10.0. The van der Waals surface area contributed by atoms with Gasteiger partial charge in [0.15, 0.2) is 0 Å². The highest BCUT2D eigenvalue weighted by atomic mass is 32.2. The molecule has 33 heavy (non-hydrogen) atoms. The summed E-state index contributed by atoms with van der Waals surface area (Å²) in [6.45, 7) is 7.88. The van der Waals surface area contributed by atoms with E-state index in [4.69, 9.17) is 4.74 Å². The zero-order chi connectivity index (χ0) is 23.8. The standard InChI is InChI=1S/C25H27N3O4S/c1-4-11-27-33(30,31)17-20-7-9-23(10-8-20)28-25(29)22-13-18(2)24(19(3)14-22)32-16-21-6-5-12-26-15-21/h4-10,12-15,27H,1,11,16-17H2,2-3H3,(H,28,29). The number of aromatic nitrogens is 1. The van der Waals surface area contributed by atoms with Crippen molar-refractivity contribution in [1.29, 1.82) is 0 Å². The summed E-state index contributed by atoms with van der Waals surface area (Å²) in [5.74, 6) is 0.340. The number of aryl methyl sites for hydroxylation is 2. The Labute approximate surface area is 194 Å². The van der Waals surface area contributed by atoms with Crippen LogP contribution in [0.5, 0.6) is 5.75 Å². The number of hydrogen-bond acceptors (Lipinski definition) is 5. The Balaban J connectivity index is 1.64. The number of pyridine rings is 1. The van der Waals surface area contributed by atoms with E-state index in [2.05, 4.69) is 21.6 Å². The summed E-state index contributed by atoms with van der Waals surface area (Å²) >= 11 is 0. The summed E-state index contributed by atoms with van der Waals surface area (Å²) in [6, 6.07) is 14.1. The number of nitrogens with one attached hydrogen (secondary N) is 2. The Morgan fingerprint density at radius 1 is 1.09 bits per heavy atom. The molecule has 0 saturated carbocycles. The highest BCUT2D eigenvalue weighted by molar-refractivity contribution is 7.88. The van der Waals surface area contributed by atoms with Gasteiger partial charge >= 0.3 is 0 Å². The molecule has 2 N–H and O–H groups in total. The lowest BCUT2D eigenvalue weighted by Crippen LogP contribution is -2.25. The summed E-state index contributed by atoms with van der Waals surface area (Å²) in [6.07, 6.45) is 4.95. The van der Waals surface area contributed by atoms with Crippen LogP contribution in [0.4, 0.5) is 5.69 Å². The topological polar surface area (TPSA) is 97.4 Å². The van der Waals surface area contributed by atoms with Gasteiger partial charge in [-0.05, 0) is 60.9 Å². The van der Waals surface area contributed by atoms with Crippen molar-refractivity contribution in [3.63, 3.8) is 0 Å². The van der Waals surface area contributed by atoms with Crippen molar-refractivity contribution in [3.8, 4) is 5.75 Å². The first kappa shape index (κ1) is 24.2. The summed E-state index contributed by atoms with van der Waals surface area (Å²) in [4.78, 5) is 16.8. The molecule has 0 saturated heterocycles. The van der Waals surface area contributed by atoms with Crippen LogP contribution < -0.4 is 14.8 Å². The van der Waals surface area contributed by atoms with Crippen molar-refractivity contribution in [1.82, 2.24) is 9.71 Å². The number of hydrogen-bond donors (Lipinski definition) is 2. The van der Waals surface area contributed by atoms with E-state index in [0.717, 1.165) is 22.4 Å². The maximum atomic E-state index is 12.8. The molecule has 1 amide bonds. The smallest absolute Gasteiger partial charge is 0.255 e. The van der Waals surface area contributed by atoms with Gasteiger partial charge in [0.2, 0.25) is 10.0 Å². The van der Waals surface area contributed by atoms with E-state index < -0.39 is 10.0 Å². The molecule has 0 aliphatic rings. The number of ether oxygens (including phenoxy) is 1. The van der Waals surface area contributed by atoms with Crippen LogP contribution >= 0.6 is 0 Å². The molecule has 0 aliphatic carbocycles. The van der Waals surface area contributed by atoms with Gasteiger partial charge in [-0.25, -0.2) is 13.1 Å². The number of anilines is 1. The van der Waals surface area contributed by atoms with Gasteiger partial charge < -0.3 is 10.1 Å². The van der Waals surface area contributed by atoms with Gasteiger partial charge in [-0.2, -0.15) is 0 Å². The highest BCUT2D eigenvalue weighted by Crippen LogP contribution is 2.26. The molecule has 0 fully saturated rings. The fraction of sp³-hybridized carbons (Fsp3) is 0.200. The first-order valence-corrected chi connectivity index (χ1v) is 12.0. The minimum absolute atomic E-state index is 0.145. The second kappa shape index (κ2) is 10.9. The number of amides is 1. The first-order valence-electron chi connectivity index (χ1n) is 10.4. The third kappa shape index (κ3) is 7.00. The zero-order valence-corrected chi connectivity index (χ0v) is 19.5. The Kier molecular flexibility index (Phi) is 7.97. The van der Waals surface area contributed by atoms with Gasteiger partial charge in [-0.3, -0.25) is 9.78 Å². The van der Waals surface area contributed by atoms with Crippen LogP contribution in [-0.2, 0) is 22.4 Å². The Morgan fingerprint density at radius 3 is 2.39 bits per heavy atom. The third-order valence-electron chi connectivity index (χ3n) is 4.84. The van der Waals surface area contributed by atoms with Crippen LogP contribution in [0.3, 0.4) is 0 Å². The van der Waals surface area contributed by atoms with Crippen LogP contribution in [0.2, 0.25) is 0 Å². The molecule has 3 rings (SSSR count). The highest BCUT2D eigenvalue weighted by Gasteiger charge is 2.14. The number of benzene rings is 2. The third-order valence-corrected chi connectivity index (χ3v) is 6.16. The number of carbonyl (C=O) groups excluding carboxylic acids is 1. The SMILES string of the molecule is C=CCNS(=O)(=O)Cc1ccc(NC(=O)c2cc(C)c(OCc3cccnc3)c(C)c2)cc1. The average molecular weight is 466 g/mol. The van der Waals surface area contributed by atoms with E-state index in [1.54, 1.807) is 48.8 Å². The predicted molar refractivity (Wildman–Crippen MR) is 130 cm³/mol. The minimum atomic E-state index is -3.44. The van der Waals surface area contributed by atoms with Gasteiger partial charge in [-0.15, -0.1) is 6.58 Å². The first-order chi connectivity index (χ1) is 15.8. The second-order valence-electron chi connectivity index (χ2n) is 7.64. The molecule has 0 spiro atoms. The van der Waals surface area contributed by atoms with Crippen molar-refractivity contribution < 1.29 is 17.9 Å². The molecule has 2 aromatic carbocycles. The molecule has 0 aliphatic heterocycles. The second-order valence-corrected chi connectivity index (χ2v) is 9.44. The van der Waals surface area contributed by atoms with E-state index in [0.29, 0.717) is 23.4 Å². The molecule has 0 bridgehead atoms. The largest absolute Gasteiger partial charge is 0.488 e.